The van der Waals surface area contributed by atoms with Gasteiger partial charge in [0.15, 0.2) is 12.4 Å². The summed E-state index contributed by atoms with van der Waals surface area (Å²) in [6.45, 7) is -0.378. The van der Waals surface area contributed by atoms with Crippen LogP contribution in [-0.4, -0.2) is 37.6 Å². The SMILES string of the molecule is CN(C)c1ccc(C(=O)/C=C/c2ccc(OCC(=O)O)cc2)cc1. The molecule has 0 saturated carbocycles. The molecule has 2 aromatic carbocycles. The highest BCUT2D eigenvalue weighted by Gasteiger charge is 2.03. The van der Waals surface area contributed by atoms with Crippen molar-refractivity contribution in [3.05, 3.63) is 65.7 Å². The second-order valence-corrected chi connectivity index (χ2v) is 5.39. The zero-order valence-corrected chi connectivity index (χ0v) is 13.6. The minimum atomic E-state index is -1.02. The number of allylic oxidation sites excluding steroid dienone is 1. The number of carboxylic acids is 1. The van der Waals surface area contributed by atoms with Crippen molar-refractivity contribution in [2.75, 3.05) is 25.6 Å². The number of aliphatic carboxylic acids is 1. The van der Waals surface area contributed by atoms with Crippen LogP contribution in [0.15, 0.2) is 54.6 Å². The molecule has 5 heteroatoms. The summed E-state index contributed by atoms with van der Waals surface area (Å²) in [5.41, 5.74) is 2.49. The zero-order chi connectivity index (χ0) is 17.5. The number of ketones is 1. The molecule has 5 nitrogen and oxygen atoms in total. The van der Waals surface area contributed by atoms with E-state index in [1.165, 1.54) is 6.08 Å². The van der Waals surface area contributed by atoms with Crippen LogP contribution < -0.4 is 9.64 Å². The van der Waals surface area contributed by atoms with Crippen molar-refractivity contribution >= 4 is 23.5 Å². The van der Waals surface area contributed by atoms with Crippen LogP contribution in [0, 0.1) is 0 Å². The van der Waals surface area contributed by atoms with E-state index >= 15 is 0 Å². The predicted octanol–water partition coefficient (Wildman–Crippen LogP) is 3.11. The first-order valence-corrected chi connectivity index (χ1v) is 7.40. The lowest BCUT2D eigenvalue weighted by Crippen LogP contribution is -2.09. The van der Waals surface area contributed by atoms with E-state index in [-0.39, 0.29) is 12.4 Å². The number of ether oxygens (including phenoxy) is 1. The van der Waals surface area contributed by atoms with Crippen molar-refractivity contribution in [2.24, 2.45) is 0 Å². The third-order valence-electron chi connectivity index (χ3n) is 3.34. The number of nitrogens with zero attached hydrogens (tertiary/aromatic N) is 1. The van der Waals surface area contributed by atoms with Gasteiger partial charge in [-0.15, -0.1) is 0 Å². The fraction of sp³-hybridized carbons (Fsp3) is 0.158. The van der Waals surface area contributed by atoms with Crippen molar-refractivity contribution in [3.8, 4) is 5.75 Å². The molecule has 0 bridgehead atoms. The maximum Gasteiger partial charge on any atom is 0.341 e. The quantitative estimate of drug-likeness (QED) is 0.626. The average molecular weight is 325 g/mol. The van der Waals surface area contributed by atoms with E-state index in [0.29, 0.717) is 11.3 Å². The Balaban J connectivity index is 1.99. The zero-order valence-electron chi connectivity index (χ0n) is 13.6. The lowest BCUT2D eigenvalue weighted by atomic mass is 10.1. The molecule has 0 saturated heterocycles. The maximum absolute atomic E-state index is 12.2. The first kappa shape index (κ1) is 17.3. The number of carboxylic acid groups (broad SMARTS) is 1. The van der Waals surface area contributed by atoms with Crippen molar-refractivity contribution in [1.82, 2.24) is 0 Å². The van der Waals surface area contributed by atoms with Crippen molar-refractivity contribution in [2.45, 2.75) is 0 Å². The Bertz CT molecular complexity index is 731. The molecule has 0 spiro atoms. The van der Waals surface area contributed by atoms with Crippen LogP contribution in [0.1, 0.15) is 15.9 Å². The molecule has 0 atom stereocenters. The van der Waals surface area contributed by atoms with E-state index in [2.05, 4.69) is 0 Å². The Kier molecular flexibility index (Phi) is 5.73. The highest BCUT2D eigenvalue weighted by molar-refractivity contribution is 6.06. The monoisotopic (exact) mass is 325 g/mol. The molecule has 0 aromatic heterocycles. The molecule has 0 heterocycles. The Morgan fingerprint density at radius 3 is 2.21 bits per heavy atom. The molecule has 24 heavy (non-hydrogen) atoms. The maximum atomic E-state index is 12.2. The van der Waals surface area contributed by atoms with E-state index < -0.39 is 5.97 Å². The van der Waals surface area contributed by atoms with Gasteiger partial charge in [0.25, 0.3) is 0 Å². The molecule has 0 fully saturated rings. The number of rotatable bonds is 7. The minimum absolute atomic E-state index is 0.0773. The first-order chi connectivity index (χ1) is 11.5. The van der Waals surface area contributed by atoms with Gasteiger partial charge in [-0.05, 0) is 48.0 Å². The molecule has 0 unspecified atom stereocenters. The summed E-state index contributed by atoms with van der Waals surface area (Å²) >= 11 is 0. The molecule has 0 radical (unpaired) electrons. The summed E-state index contributed by atoms with van der Waals surface area (Å²) in [6.07, 6.45) is 3.22. The van der Waals surface area contributed by atoms with Crippen LogP contribution >= 0.6 is 0 Å². The van der Waals surface area contributed by atoms with E-state index in [4.69, 9.17) is 9.84 Å². The van der Waals surface area contributed by atoms with Gasteiger partial charge in [-0.25, -0.2) is 4.79 Å². The molecule has 0 aliphatic carbocycles. The van der Waals surface area contributed by atoms with E-state index in [1.807, 2.05) is 31.1 Å². The largest absolute Gasteiger partial charge is 0.482 e. The Morgan fingerprint density at radius 2 is 1.67 bits per heavy atom. The van der Waals surface area contributed by atoms with Gasteiger partial charge in [0.1, 0.15) is 5.75 Å². The molecule has 2 aromatic rings. The summed E-state index contributed by atoms with van der Waals surface area (Å²) in [4.78, 5) is 24.6. The minimum Gasteiger partial charge on any atom is -0.482 e. The summed E-state index contributed by atoms with van der Waals surface area (Å²) in [5.74, 6) is -0.628. The van der Waals surface area contributed by atoms with Crippen molar-refractivity contribution < 1.29 is 19.4 Å². The van der Waals surface area contributed by atoms with Gasteiger partial charge < -0.3 is 14.7 Å². The van der Waals surface area contributed by atoms with Crippen molar-refractivity contribution in [1.29, 1.82) is 0 Å². The van der Waals surface area contributed by atoms with Gasteiger partial charge in [-0.1, -0.05) is 18.2 Å². The highest BCUT2D eigenvalue weighted by Crippen LogP contribution is 2.15. The molecule has 2 rings (SSSR count). The van der Waals surface area contributed by atoms with Crippen LogP contribution in [0.5, 0.6) is 5.75 Å². The third-order valence-corrected chi connectivity index (χ3v) is 3.34. The number of hydrogen-bond donors (Lipinski definition) is 1. The van der Waals surface area contributed by atoms with E-state index in [1.54, 1.807) is 42.5 Å². The third kappa shape index (κ3) is 4.98. The van der Waals surface area contributed by atoms with Crippen LogP contribution in [0.25, 0.3) is 6.08 Å². The van der Waals surface area contributed by atoms with Gasteiger partial charge in [0.05, 0.1) is 0 Å². The second kappa shape index (κ2) is 7.97. The van der Waals surface area contributed by atoms with E-state index in [0.717, 1.165) is 11.3 Å². The number of carbonyl (C=O) groups excluding carboxylic acids is 1. The average Bonchev–Trinajstić information content (AvgIpc) is 2.58. The van der Waals surface area contributed by atoms with Crippen LogP contribution in [0.3, 0.4) is 0 Å². The summed E-state index contributed by atoms with van der Waals surface area (Å²) in [7, 11) is 3.89. The van der Waals surface area contributed by atoms with E-state index in [9.17, 15) is 9.59 Å². The van der Waals surface area contributed by atoms with Gasteiger partial charge in [0, 0.05) is 25.3 Å². The van der Waals surface area contributed by atoms with Crippen LogP contribution in [0.2, 0.25) is 0 Å². The first-order valence-electron chi connectivity index (χ1n) is 7.40. The number of anilines is 1. The Hall–Kier alpha value is -3.08. The Morgan fingerprint density at radius 1 is 1.04 bits per heavy atom. The fourth-order valence-electron chi connectivity index (χ4n) is 2.01. The standard InChI is InChI=1S/C19H19NO4/c1-20(2)16-8-6-15(7-9-16)18(21)12-5-14-3-10-17(11-4-14)24-13-19(22)23/h3-12H,13H2,1-2H3,(H,22,23)/b12-5+. The predicted molar refractivity (Wildman–Crippen MR) is 93.7 cm³/mol. The highest BCUT2D eigenvalue weighted by atomic mass is 16.5. The molecular weight excluding hydrogens is 306 g/mol. The second-order valence-electron chi connectivity index (χ2n) is 5.39. The van der Waals surface area contributed by atoms with Gasteiger partial charge in [-0.3, -0.25) is 4.79 Å². The number of hydrogen-bond acceptors (Lipinski definition) is 4. The van der Waals surface area contributed by atoms with Crippen LogP contribution in [-0.2, 0) is 4.79 Å². The molecular formula is C19H19NO4. The summed E-state index contributed by atoms with van der Waals surface area (Å²) < 4.78 is 5.05. The molecule has 0 aliphatic heterocycles. The van der Waals surface area contributed by atoms with Crippen LogP contribution in [0.4, 0.5) is 5.69 Å². The number of carbonyl (C=O) groups is 2. The smallest absolute Gasteiger partial charge is 0.341 e. The number of benzene rings is 2. The van der Waals surface area contributed by atoms with Gasteiger partial charge in [-0.2, -0.15) is 0 Å². The molecule has 0 amide bonds. The lowest BCUT2D eigenvalue weighted by molar-refractivity contribution is -0.139. The Labute approximate surface area is 140 Å². The lowest BCUT2D eigenvalue weighted by Gasteiger charge is -2.11. The summed E-state index contributed by atoms with van der Waals surface area (Å²) in [6, 6.07) is 14.2. The fourth-order valence-corrected chi connectivity index (χ4v) is 2.01. The molecule has 124 valence electrons. The molecule has 0 aliphatic rings. The summed E-state index contributed by atoms with van der Waals surface area (Å²) in [5, 5.41) is 8.55. The molecule has 1 N–H and O–H groups in total. The van der Waals surface area contributed by atoms with Gasteiger partial charge >= 0.3 is 5.97 Å². The van der Waals surface area contributed by atoms with Gasteiger partial charge in [0.2, 0.25) is 0 Å². The topological polar surface area (TPSA) is 66.8 Å². The normalized spacial score (nSPS) is 10.6. The van der Waals surface area contributed by atoms with Crippen molar-refractivity contribution in [3.63, 3.8) is 0 Å².